The van der Waals surface area contributed by atoms with Gasteiger partial charge in [0, 0.05) is 11.9 Å². The highest BCUT2D eigenvalue weighted by Gasteiger charge is 2.29. The summed E-state index contributed by atoms with van der Waals surface area (Å²) in [5.41, 5.74) is 3.73. The first-order valence-corrected chi connectivity index (χ1v) is 12.0. The van der Waals surface area contributed by atoms with Crippen LogP contribution in [0.25, 0.3) is 11.0 Å². The van der Waals surface area contributed by atoms with Crippen molar-refractivity contribution in [2.45, 2.75) is 30.4 Å². The fourth-order valence-corrected chi connectivity index (χ4v) is 5.32. The van der Waals surface area contributed by atoms with Crippen LogP contribution in [0.1, 0.15) is 27.6 Å². The van der Waals surface area contributed by atoms with Gasteiger partial charge in [0.25, 0.3) is 0 Å². The molecule has 6 nitrogen and oxygen atoms in total. The molecule has 0 saturated heterocycles. The largest absolute Gasteiger partial charge is 0.356 e. The molecule has 1 atom stereocenters. The van der Waals surface area contributed by atoms with E-state index in [0.717, 1.165) is 28.6 Å². The van der Waals surface area contributed by atoms with Gasteiger partial charge in [-0.2, -0.15) is 0 Å². The number of rotatable bonds is 7. The SMILES string of the molecule is Cc1cc2onc(CC(=O)NCC(c3ccccc3)S(=O)(=O)c3ccc(F)cc3)c2cc1C. The fourth-order valence-electron chi connectivity index (χ4n) is 3.66. The normalized spacial score (nSPS) is 12.6. The van der Waals surface area contributed by atoms with E-state index in [0.29, 0.717) is 16.8 Å². The van der Waals surface area contributed by atoms with Gasteiger partial charge in [-0.15, -0.1) is 0 Å². The Labute approximate surface area is 191 Å². The zero-order valence-corrected chi connectivity index (χ0v) is 19.0. The van der Waals surface area contributed by atoms with Crippen LogP contribution < -0.4 is 5.32 Å². The smallest absolute Gasteiger partial charge is 0.226 e. The molecule has 0 fully saturated rings. The maximum Gasteiger partial charge on any atom is 0.226 e. The highest BCUT2D eigenvalue weighted by atomic mass is 32.2. The Morgan fingerprint density at radius 1 is 1.03 bits per heavy atom. The van der Waals surface area contributed by atoms with E-state index in [1.165, 1.54) is 12.1 Å². The number of aromatic nitrogens is 1. The summed E-state index contributed by atoms with van der Waals surface area (Å²) < 4.78 is 45.3. The maximum atomic E-state index is 13.3. The fraction of sp³-hybridized carbons (Fsp3) is 0.200. The molecule has 0 aliphatic heterocycles. The number of nitrogens with one attached hydrogen (secondary N) is 1. The second-order valence-electron chi connectivity index (χ2n) is 7.94. The van der Waals surface area contributed by atoms with E-state index < -0.39 is 20.9 Å². The third-order valence-electron chi connectivity index (χ3n) is 5.66. The van der Waals surface area contributed by atoms with Crippen molar-refractivity contribution in [1.29, 1.82) is 0 Å². The molecule has 4 rings (SSSR count). The predicted molar refractivity (Wildman–Crippen MR) is 123 cm³/mol. The molecule has 0 aliphatic rings. The van der Waals surface area contributed by atoms with E-state index in [1.54, 1.807) is 30.3 Å². The number of hydrogen-bond acceptors (Lipinski definition) is 5. The first-order valence-electron chi connectivity index (χ1n) is 10.4. The lowest BCUT2D eigenvalue weighted by Gasteiger charge is -2.19. The van der Waals surface area contributed by atoms with Crippen molar-refractivity contribution in [2.24, 2.45) is 0 Å². The lowest BCUT2D eigenvalue weighted by molar-refractivity contribution is -0.120. The van der Waals surface area contributed by atoms with Gasteiger partial charge in [-0.1, -0.05) is 35.5 Å². The molecule has 0 saturated carbocycles. The molecule has 1 N–H and O–H groups in total. The number of carbonyl (C=O) groups excluding carboxylic acids is 1. The van der Waals surface area contributed by atoms with Crippen molar-refractivity contribution in [3.8, 4) is 0 Å². The number of sulfone groups is 1. The first kappa shape index (κ1) is 22.7. The number of halogens is 1. The van der Waals surface area contributed by atoms with Crippen LogP contribution in [0.15, 0.2) is 76.1 Å². The molecule has 0 radical (unpaired) electrons. The van der Waals surface area contributed by atoms with Crippen LogP contribution >= 0.6 is 0 Å². The molecule has 3 aromatic carbocycles. The maximum absolute atomic E-state index is 13.3. The van der Waals surface area contributed by atoms with E-state index >= 15 is 0 Å². The topological polar surface area (TPSA) is 89.3 Å². The van der Waals surface area contributed by atoms with Crippen LogP contribution in [0.5, 0.6) is 0 Å². The number of amides is 1. The van der Waals surface area contributed by atoms with Crippen molar-refractivity contribution in [3.63, 3.8) is 0 Å². The Balaban J connectivity index is 1.56. The Morgan fingerprint density at radius 3 is 2.39 bits per heavy atom. The minimum Gasteiger partial charge on any atom is -0.356 e. The van der Waals surface area contributed by atoms with Gasteiger partial charge in [-0.25, -0.2) is 12.8 Å². The number of aryl methyl sites for hydroxylation is 2. The predicted octanol–water partition coefficient (Wildman–Crippen LogP) is 4.46. The summed E-state index contributed by atoms with van der Waals surface area (Å²) in [5, 5.41) is 6.46. The van der Waals surface area contributed by atoms with Gasteiger partial charge < -0.3 is 9.84 Å². The van der Waals surface area contributed by atoms with Crippen molar-refractivity contribution in [1.82, 2.24) is 10.5 Å². The number of carbonyl (C=O) groups is 1. The molecule has 0 aliphatic carbocycles. The molecule has 170 valence electrons. The van der Waals surface area contributed by atoms with Crippen LogP contribution in [0.4, 0.5) is 4.39 Å². The minimum atomic E-state index is -3.89. The highest BCUT2D eigenvalue weighted by molar-refractivity contribution is 7.91. The van der Waals surface area contributed by atoms with Gasteiger partial charge in [-0.3, -0.25) is 4.79 Å². The zero-order valence-electron chi connectivity index (χ0n) is 18.2. The summed E-state index contributed by atoms with van der Waals surface area (Å²) in [4.78, 5) is 12.7. The molecule has 33 heavy (non-hydrogen) atoms. The van der Waals surface area contributed by atoms with Gasteiger partial charge in [0.2, 0.25) is 5.91 Å². The monoisotopic (exact) mass is 466 g/mol. The van der Waals surface area contributed by atoms with Gasteiger partial charge in [-0.05, 0) is 66.9 Å². The molecule has 1 amide bonds. The van der Waals surface area contributed by atoms with Gasteiger partial charge in [0.1, 0.15) is 16.8 Å². The van der Waals surface area contributed by atoms with Crippen LogP contribution in [0.2, 0.25) is 0 Å². The minimum absolute atomic E-state index is 0.0136. The van der Waals surface area contributed by atoms with Gasteiger partial charge in [0.15, 0.2) is 15.4 Å². The van der Waals surface area contributed by atoms with Crippen molar-refractivity contribution < 1.29 is 22.1 Å². The molecule has 4 aromatic rings. The molecule has 0 spiro atoms. The molecule has 1 unspecified atom stereocenters. The average molecular weight is 467 g/mol. The Morgan fingerprint density at radius 2 is 1.70 bits per heavy atom. The third kappa shape index (κ3) is 4.80. The molecule has 8 heteroatoms. The average Bonchev–Trinajstić information content (AvgIpc) is 3.16. The number of nitrogens with zero attached hydrogens (tertiary/aromatic N) is 1. The lowest BCUT2D eigenvalue weighted by Crippen LogP contribution is -2.33. The Hall–Kier alpha value is -3.52. The zero-order chi connectivity index (χ0) is 23.6. The molecule has 1 aromatic heterocycles. The van der Waals surface area contributed by atoms with E-state index in [-0.39, 0.29) is 23.8 Å². The highest BCUT2D eigenvalue weighted by Crippen LogP contribution is 2.29. The van der Waals surface area contributed by atoms with Gasteiger partial charge in [0.05, 0.1) is 11.3 Å². The number of benzene rings is 3. The van der Waals surface area contributed by atoms with E-state index in [9.17, 15) is 17.6 Å². The lowest BCUT2D eigenvalue weighted by atomic mass is 10.1. The van der Waals surface area contributed by atoms with Gasteiger partial charge >= 0.3 is 0 Å². The van der Waals surface area contributed by atoms with Crippen LogP contribution in [0.3, 0.4) is 0 Å². The number of fused-ring (bicyclic) bond motifs is 1. The Kier molecular flexibility index (Phi) is 6.29. The van der Waals surface area contributed by atoms with Crippen molar-refractivity contribution in [2.75, 3.05) is 6.54 Å². The Bertz CT molecular complexity index is 1400. The molecule has 0 bridgehead atoms. The molecular weight excluding hydrogens is 443 g/mol. The summed E-state index contributed by atoms with van der Waals surface area (Å²) >= 11 is 0. The summed E-state index contributed by atoms with van der Waals surface area (Å²) in [5.74, 6) is -0.901. The second kappa shape index (κ2) is 9.15. The van der Waals surface area contributed by atoms with E-state index in [4.69, 9.17) is 4.52 Å². The quantitative estimate of drug-likeness (QED) is 0.406. The summed E-state index contributed by atoms with van der Waals surface area (Å²) in [6.07, 6.45) is -0.0480. The van der Waals surface area contributed by atoms with E-state index in [1.807, 2.05) is 26.0 Å². The van der Waals surface area contributed by atoms with E-state index in [2.05, 4.69) is 10.5 Å². The summed E-state index contributed by atoms with van der Waals surface area (Å²) in [7, 11) is -3.89. The van der Waals surface area contributed by atoms with Crippen molar-refractivity contribution in [3.05, 3.63) is 94.9 Å². The molecule has 1 heterocycles. The standard InChI is InChI=1S/C25H23FN2O4S/c1-16-12-21-22(28-32-23(21)13-17(16)2)14-25(29)27-15-24(18-6-4-3-5-7-18)33(30,31)20-10-8-19(26)9-11-20/h3-13,24H,14-15H2,1-2H3,(H,27,29). The van der Waals surface area contributed by atoms with Crippen molar-refractivity contribution >= 4 is 26.7 Å². The van der Waals surface area contributed by atoms with Crippen LogP contribution in [-0.4, -0.2) is 26.0 Å². The second-order valence-corrected chi connectivity index (χ2v) is 10.1. The summed E-state index contributed by atoms with van der Waals surface area (Å²) in [6.45, 7) is 3.79. The van der Waals surface area contributed by atoms with Crippen LogP contribution in [-0.2, 0) is 21.1 Å². The van der Waals surface area contributed by atoms with Crippen LogP contribution in [0, 0.1) is 19.7 Å². The molecular formula is C25H23FN2O4S. The number of hydrogen-bond donors (Lipinski definition) is 1. The summed E-state index contributed by atoms with van der Waals surface area (Å²) in [6, 6.07) is 17.1. The first-order chi connectivity index (χ1) is 15.8. The third-order valence-corrected chi connectivity index (χ3v) is 7.78.